The molecule has 0 spiro atoms. The van der Waals surface area contributed by atoms with Crippen LogP contribution in [0, 0.1) is 13.8 Å². The van der Waals surface area contributed by atoms with Gasteiger partial charge in [0.25, 0.3) is 5.56 Å². The van der Waals surface area contributed by atoms with Crippen LogP contribution in [0.1, 0.15) is 34.6 Å². The zero-order valence-electron chi connectivity index (χ0n) is 17.8. The number of aryl methyl sites for hydroxylation is 2. The maximum absolute atomic E-state index is 12.8. The lowest BCUT2D eigenvalue weighted by Crippen LogP contribution is -2.33. The van der Waals surface area contributed by atoms with Crippen molar-refractivity contribution in [2.24, 2.45) is 0 Å². The molecule has 2 heterocycles. The second-order valence-corrected chi connectivity index (χ2v) is 8.73. The molecular formula is C21H24N4O4S2. The number of hydrogen-bond donors (Lipinski definition) is 1. The molecule has 0 radical (unpaired) electrons. The van der Waals surface area contributed by atoms with Crippen molar-refractivity contribution in [3.8, 4) is 0 Å². The number of ether oxygens (including phenoxy) is 1. The number of thioether (sulfide) groups is 1. The summed E-state index contributed by atoms with van der Waals surface area (Å²) in [5, 5.41) is 0.504. The van der Waals surface area contributed by atoms with Gasteiger partial charge >= 0.3 is 5.97 Å². The smallest absolute Gasteiger partial charge is 0.348 e. The van der Waals surface area contributed by atoms with E-state index >= 15 is 0 Å². The number of nitrogens with zero attached hydrogens (tertiary/aromatic N) is 3. The molecule has 8 nitrogen and oxygen atoms in total. The summed E-state index contributed by atoms with van der Waals surface area (Å²) in [5.41, 5.74) is 1.91. The number of esters is 1. The molecule has 0 saturated heterocycles. The van der Waals surface area contributed by atoms with E-state index in [4.69, 9.17) is 10.6 Å². The van der Waals surface area contributed by atoms with E-state index < -0.39 is 11.5 Å². The van der Waals surface area contributed by atoms with Gasteiger partial charge in [-0.15, -0.1) is 11.3 Å². The molecule has 2 N–H and O–H groups in total. The number of aromatic nitrogens is 2. The van der Waals surface area contributed by atoms with Crippen molar-refractivity contribution >= 4 is 50.9 Å². The van der Waals surface area contributed by atoms with Gasteiger partial charge in [0.2, 0.25) is 5.91 Å². The molecule has 0 aliphatic heterocycles. The summed E-state index contributed by atoms with van der Waals surface area (Å²) in [7, 11) is 0. The minimum Gasteiger partial charge on any atom is -0.462 e. The number of amides is 1. The molecule has 0 atom stereocenters. The van der Waals surface area contributed by atoms with Crippen LogP contribution in [0.25, 0.3) is 10.2 Å². The first-order chi connectivity index (χ1) is 14.8. The molecule has 3 rings (SSSR count). The second-order valence-electron chi connectivity index (χ2n) is 6.79. The van der Waals surface area contributed by atoms with Crippen molar-refractivity contribution in [1.82, 2.24) is 9.66 Å². The number of fused-ring (bicyclic) bond motifs is 1. The Morgan fingerprint density at radius 3 is 2.68 bits per heavy atom. The highest BCUT2D eigenvalue weighted by molar-refractivity contribution is 7.99. The van der Waals surface area contributed by atoms with Crippen LogP contribution >= 0.6 is 23.1 Å². The van der Waals surface area contributed by atoms with Gasteiger partial charge in [0, 0.05) is 12.2 Å². The van der Waals surface area contributed by atoms with Gasteiger partial charge in [0.05, 0.1) is 17.7 Å². The van der Waals surface area contributed by atoms with Crippen LogP contribution in [0.5, 0.6) is 0 Å². The van der Waals surface area contributed by atoms with Gasteiger partial charge in [-0.1, -0.05) is 23.9 Å². The van der Waals surface area contributed by atoms with Crippen LogP contribution in [-0.4, -0.2) is 40.4 Å². The van der Waals surface area contributed by atoms with E-state index in [1.807, 2.05) is 38.1 Å². The Balaban J connectivity index is 1.87. The van der Waals surface area contributed by atoms with Crippen LogP contribution in [0.2, 0.25) is 0 Å². The molecule has 10 heteroatoms. The van der Waals surface area contributed by atoms with Crippen molar-refractivity contribution in [1.29, 1.82) is 0 Å². The number of nitrogen functional groups attached to an aromatic ring is 1. The summed E-state index contributed by atoms with van der Waals surface area (Å²) < 4.78 is 5.98. The number of benzene rings is 1. The average molecular weight is 461 g/mol. The van der Waals surface area contributed by atoms with E-state index in [0.29, 0.717) is 27.2 Å². The fraction of sp³-hybridized carbons (Fsp3) is 0.333. The van der Waals surface area contributed by atoms with E-state index in [9.17, 15) is 14.4 Å². The summed E-state index contributed by atoms with van der Waals surface area (Å²) in [6.45, 7) is 8.01. The lowest BCUT2D eigenvalue weighted by Gasteiger charge is -2.21. The van der Waals surface area contributed by atoms with Gasteiger partial charge in [0.1, 0.15) is 9.71 Å². The van der Waals surface area contributed by atoms with Crippen molar-refractivity contribution in [2.45, 2.75) is 32.9 Å². The van der Waals surface area contributed by atoms with E-state index in [2.05, 4.69) is 4.98 Å². The normalized spacial score (nSPS) is 11.0. The van der Waals surface area contributed by atoms with Crippen molar-refractivity contribution in [3.05, 3.63) is 50.6 Å². The molecule has 0 unspecified atom stereocenters. The molecule has 0 aliphatic rings. The number of carbonyl (C=O) groups excluding carboxylic acids is 2. The van der Waals surface area contributed by atoms with E-state index in [0.717, 1.165) is 39.0 Å². The summed E-state index contributed by atoms with van der Waals surface area (Å²) in [6, 6.07) is 7.70. The van der Waals surface area contributed by atoms with Crippen LogP contribution in [0.4, 0.5) is 5.69 Å². The fourth-order valence-electron chi connectivity index (χ4n) is 3.17. The summed E-state index contributed by atoms with van der Waals surface area (Å²) in [5.74, 6) is 5.42. The second kappa shape index (κ2) is 9.52. The highest BCUT2D eigenvalue weighted by Crippen LogP contribution is 2.29. The molecule has 3 aromatic rings. The number of thiophene rings is 1. The van der Waals surface area contributed by atoms with Gasteiger partial charge in [-0.05, 0) is 51.0 Å². The number of rotatable bonds is 7. The molecule has 0 saturated carbocycles. The van der Waals surface area contributed by atoms with Crippen LogP contribution in [-0.2, 0) is 9.53 Å². The molecule has 0 aliphatic carbocycles. The minimum absolute atomic E-state index is 0.0615. The Hall–Kier alpha value is -2.85. The Bertz CT molecular complexity index is 1200. The van der Waals surface area contributed by atoms with E-state index in [1.54, 1.807) is 18.7 Å². The topological polar surface area (TPSA) is 108 Å². The number of carbonyl (C=O) groups is 2. The van der Waals surface area contributed by atoms with Crippen molar-refractivity contribution in [2.75, 3.05) is 29.6 Å². The Kier molecular flexibility index (Phi) is 7.01. The van der Waals surface area contributed by atoms with E-state index in [1.165, 1.54) is 0 Å². The maximum Gasteiger partial charge on any atom is 0.348 e. The molecular weight excluding hydrogens is 436 g/mol. The lowest BCUT2D eigenvalue weighted by molar-refractivity contribution is -0.116. The quantitative estimate of drug-likeness (QED) is 0.250. The number of nitrogens with two attached hydrogens (primary N) is 1. The first-order valence-electron chi connectivity index (χ1n) is 9.76. The van der Waals surface area contributed by atoms with E-state index in [-0.39, 0.29) is 23.4 Å². The molecule has 0 bridgehead atoms. The van der Waals surface area contributed by atoms with Crippen molar-refractivity contribution in [3.63, 3.8) is 0 Å². The van der Waals surface area contributed by atoms with Crippen LogP contribution in [0.3, 0.4) is 0 Å². The predicted molar refractivity (Wildman–Crippen MR) is 125 cm³/mol. The molecule has 1 amide bonds. The predicted octanol–water partition coefficient (Wildman–Crippen LogP) is 3.11. The monoisotopic (exact) mass is 460 g/mol. The summed E-state index contributed by atoms with van der Waals surface area (Å²) in [4.78, 5) is 44.6. The number of anilines is 1. The summed E-state index contributed by atoms with van der Waals surface area (Å²) >= 11 is 2.18. The van der Waals surface area contributed by atoms with Gasteiger partial charge in [-0.3, -0.25) is 9.59 Å². The standard InChI is InChI=1S/C21H24N4O4S2/c1-5-24(14-9-7-8-12(3)10-14)15(26)11-30-21-23-18-16(19(27)25(21)22)13(4)17(31-18)20(28)29-6-2/h7-10H,5-6,11,22H2,1-4H3. The maximum atomic E-state index is 12.8. The molecule has 2 aromatic heterocycles. The third-order valence-corrected chi connectivity index (χ3v) is 6.78. The van der Waals surface area contributed by atoms with Crippen LogP contribution < -0.4 is 16.3 Å². The number of hydrogen-bond acceptors (Lipinski definition) is 8. The minimum atomic E-state index is -0.493. The largest absolute Gasteiger partial charge is 0.462 e. The Morgan fingerprint density at radius 2 is 2.03 bits per heavy atom. The SMILES string of the molecule is CCOC(=O)c1sc2nc(SCC(=O)N(CC)c3cccc(C)c3)n(N)c(=O)c2c1C. The van der Waals surface area contributed by atoms with Gasteiger partial charge in [-0.2, -0.15) is 0 Å². The van der Waals surface area contributed by atoms with Crippen LogP contribution in [0.15, 0.2) is 34.2 Å². The fourth-order valence-corrected chi connectivity index (χ4v) is 5.08. The molecule has 0 fully saturated rings. The molecule has 164 valence electrons. The summed E-state index contributed by atoms with van der Waals surface area (Å²) in [6.07, 6.45) is 0. The highest BCUT2D eigenvalue weighted by atomic mass is 32.2. The first-order valence-corrected chi connectivity index (χ1v) is 11.6. The molecule has 31 heavy (non-hydrogen) atoms. The average Bonchev–Trinajstić information content (AvgIpc) is 3.07. The first kappa shape index (κ1) is 22.8. The van der Waals surface area contributed by atoms with Gasteiger partial charge in [0.15, 0.2) is 5.16 Å². The zero-order chi connectivity index (χ0) is 22.7. The third-order valence-electron chi connectivity index (χ3n) is 4.68. The van der Waals surface area contributed by atoms with Gasteiger partial charge in [-0.25, -0.2) is 14.5 Å². The third kappa shape index (κ3) is 4.59. The Labute approximate surface area is 188 Å². The van der Waals surface area contributed by atoms with Gasteiger partial charge < -0.3 is 15.5 Å². The zero-order valence-corrected chi connectivity index (χ0v) is 19.4. The van der Waals surface area contributed by atoms with Crippen molar-refractivity contribution < 1.29 is 14.3 Å². The highest BCUT2D eigenvalue weighted by Gasteiger charge is 2.23. The Morgan fingerprint density at radius 1 is 1.29 bits per heavy atom. The lowest BCUT2D eigenvalue weighted by atomic mass is 10.2. The molecule has 1 aromatic carbocycles.